The number of piperazine rings is 1. The number of hydrogen-bond acceptors (Lipinski definition) is 7. The second-order valence-electron chi connectivity index (χ2n) is 7.61. The summed E-state index contributed by atoms with van der Waals surface area (Å²) in [7, 11) is 0. The van der Waals surface area contributed by atoms with Gasteiger partial charge in [0, 0.05) is 55.0 Å². The van der Waals surface area contributed by atoms with E-state index in [0.29, 0.717) is 25.2 Å². The predicted molar refractivity (Wildman–Crippen MR) is 118 cm³/mol. The molecule has 1 saturated heterocycles. The molecule has 0 saturated carbocycles. The second-order valence-corrected chi connectivity index (χ2v) is 7.61. The highest BCUT2D eigenvalue weighted by Crippen LogP contribution is 2.23. The number of carboxylic acid groups (broad SMARTS) is 2. The summed E-state index contributed by atoms with van der Waals surface area (Å²) in [5.41, 5.74) is 0.433. The van der Waals surface area contributed by atoms with Crippen molar-refractivity contribution in [3.63, 3.8) is 0 Å². The van der Waals surface area contributed by atoms with E-state index in [1.807, 2.05) is 13.8 Å². The molecule has 1 aromatic carbocycles. The van der Waals surface area contributed by atoms with Crippen LogP contribution in [0.5, 0.6) is 5.75 Å². The Kier molecular flexibility index (Phi) is 10.2. The van der Waals surface area contributed by atoms with Gasteiger partial charge in [-0.05, 0) is 19.9 Å². The minimum Gasteiger partial charge on any atom is -0.489 e. The first-order valence-electron chi connectivity index (χ1n) is 10.5. The fourth-order valence-electron chi connectivity index (χ4n) is 3.19. The third-order valence-corrected chi connectivity index (χ3v) is 4.85. The molecule has 3 rings (SSSR count). The maximum atomic E-state index is 14.3. The van der Waals surface area contributed by atoms with Gasteiger partial charge >= 0.3 is 18.0 Å². The fourth-order valence-corrected chi connectivity index (χ4v) is 3.19. The van der Waals surface area contributed by atoms with Gasteiger partial charge in [0.2, 0.25) is 0 Å². The maximum Gasteiger partial charge on any atom is 0.410 e. The number of nitrogens with zero attached hydrogens (tertiary/aromatic N) is 1. The van der Waals surface area contributed by atoms with Crippen molar-refractivity contribution >= 4 is 18.0 Å². The molecular formula is C23H26F2N2O8. The van der Waals surface area contributed by atoms with Gasteiger partial charge in [-0.2, -0.15) is 0 Å². The Balaban J connectivity index is 0.000000466. The number of carbonyl (C=O) groups is 3. The topological polar surface area (TPSA) is 139 Å². The van der Waals surface area contributed by atoms with E-state index in [1.165, 1.54) is 12.5 Å². The van der Waals surface area contributed by atoms with Crippen LogP contribution in [-0.4, -0.2) is 58.3 Å². The maximum absolute atomic E-state index is 14.3. The van der Waals surface area contributed by atoms with Crippen LogP contribution in [0.15, 0.2) is 47.3 Å². The number of rotatable bonds is 7. The molecule has 1 aromatic heterocycles. The van der Waals surface area contributed by atoms with Gasteiger partial charge in [-0.1, -0.05) is 0 Å². The molecule has 190 valence electrons. The highest BCUT2D eigenvalue weighted by atomic mass is 19.1. The number of aliphatic carboxylic acids is 2. The van der Waals surface area contributed by atoms with Crippen molar-refractivity contribution in [1.29, 1.82) is 0 Å². The summed E-state index contributed by atoms with van der Waals surface area (Å²) in [6.07, 6.45) is 3.50. The van der Waals surface area contributed by atoms with Gasteiger partial charge in [0.05, 0.1) is 18.1 Å². The van der Waals surface area contributed by atoms with E-state index in [-0.39, 0.29) is 30.0 Å². The van der Waals surface area contributed by atoms with E-state index in [2.05, 4.69) is 5.32 Å². The van der Waals surface area contributed by atoms with Crippen molar-refractivity contribution < 1.29 is 47.3 Å². The molecule has 2 aromatic rings. The zero-order valence-electron chi connectivity index (χ0n) is 19.1. The lowest BCUT2D eigenvalue weighted by Crippen LogP contribution is -2.57. The summed E-state index contributed by atoms with van der Waals surface area (Å²) in [5, 5.41) is 18.8. The molecule has 0 bridgehead atoms. The SMILES string of the molecule is C[C@@H]1CNC[C@H](C)N1C(=O)OCc1c(F)cc(OCc2ccoc2)cc1F.O=C(O)/C=C/C(=O)O. The molecule has 1 fully saturated rings. The highest BCUT2D eigenvalue weighted by molar-refractivity contribution is 5.89. The molecule has 12 heteroatoms. The van der Waals surface area contributed by atoms with Crippen molar-refractivity contribution in [2.45, 2.75) is 39.1 Å². The molecule has 2 atom stereocenters. The second kappa shape index (κ2) is 13.1. The normalized spacial score (nSPS) is 17.4. The molecule has 0 radical (unpaired) electrons. The van der Waals surface area contributed by atoms with E-state index in [1.54, 1.807) is 11.0 Å². The molecule has 1 aliphatic heterocycles. The number of benzene rings is 1. The molecule has 1 amide bonds. The Morgan fingerprint density at radius 3 is 2.14 bits per heavy atom. The standard InChI is InChI=1S/C19H22F2N2O4.C4H4O4/c1-12-7-22-8-13(2)23(12)19(24)27-11-16-17(20)5-15(6-18(16)21)26-10-14-3-4-25-9-14;5-3(6)1-2-4(7)8/h3-6,9,12-13,22H,7-8,10-11H2,1-2H3;1-2H,(H,5,6)(H,7,8)/b;2-1+/t12-,13+;. The number of carboxylic acids is 2. The lowest BCUT2D eigenvalue weighted by atomic mass is 10.1. The van der Waals surface area contributed by atoms with Crippen LogP contribution in [0.1, 0.15) is 25.0 Å². The molecule has 2 heterocycles. The lowest BCUT2D eigenvalue weighted by Gasteiger charge is -2.38. The van der Waals surface area contributed by atoms with Gasteiger partial charge in [-0.3, -0.25) is 0 Å². The summed E-state index contributed by atoms with van der Waals surface area (Å²) < 4.78 is 44.0. The molecular weight excluding hydrogens is 470 g/mol. The zero-order valence-corrected chi connectivity index (χ0v) is 19.1. The van der Waals surface area contributed by atoms with Crippen LogP contribution >= 0.6 is 0 Å². The molecule has 1 aliphatic rings. The molecule has 0 aliphatic carbocycles. The smallest absolute Gasteiger partial charge is 0.410 e. The Morgan fingerprint density at radius 1 is 1.09 bits per heavy atom. The summed E-state index contributed by atoms with van der Waals surface area (Å²) in [5.74, 6) is -4.12. The summed E-state index contributed by atoms with van der Waals surface area (Å²) in [4.78, 5) is 33.0. The van der Waals surface area contributed by atoms with Crippen molar-refractivity contribution in [2.75, 3.05) is 13.1 Å². The van der Waals surface area contributed by atoms with Crippen LogP contribution < -0.4 is 10.1 Å². The molecule has 0 spiro atoms. The van der Waals surface area contributed by atoms with Crippen molar-refractivity contribution in [3.05, 3.63) is 65.6 Å². The van der Waals surface area contributed by atoms with E-state index >= 15 is 0 Å². The Bertz CT molecular complexity index is 993. The Labute approximate surface area is 199 Å². The van der Waals surface area contributed by atoms with Crippen LogP contribution in [0.25, 0.3) is 0 Å². The zero-order chi connectivity index (χ0) is 26.0. The molecule has 3 N–H and O–H groups in total. The van der Waals surface area contributed by atoms with Gasteiger partial charge in [0.1, 0.15) is 30.6 Å². The molecule has 35 heavy (non-hydrogen) atoms. The van der Waals surface area contributed by atoms with Crippen LogP contribution in [0.4, 0.5) is 13.6 Å². The minimum absolute atomic E-state index is 0.0469. The summed E-state index contributed by atoms with van der Waals surface area (Å²) >= 11 is 0. The average Bonchev–Trinajstić information content (AvgIpc) is 3.30. The van der Waals surface area contributed by atoms with E-state index < -0.39 is 36.3 Å². The van der Waals surface area contributed by atoms with E-state index in [9.17, 15) is 23.2 Å². The van der Waals surface area contributed by atoms with E-state index in [0.717, 1.165) is 17.7 Å². The van der Waals surface area contributed by atoms with Gasteiger partial charge in [0.15, 0.2) is 0 Å². The van der Waals surface area contributed by atoms with Gasteiger partial charge in [-0.15, -0.1) is 0 Å². The number of hydrogen-bond donors (Lipinski definition) is 3. The number of furan rings is 1. The largest absolute Gasteiger partial charge is 0.489 e. The number of carbonyl (C=O) groups excluding carboxylic acids is 1. The van der Waals surface area contributed by atoms with E-state index in [4.69, 9.17) is 24.1 Å². The third kappa shape index (κ3) is 8.74. The van der Waals surface area contributed by atoms with Crippen LogP contribution in [0, 0.1) is 11.6 Å². The quantitative estimate of drug-likeness (QED) is 0.493. The van der Waals surface area contributed by atoms with Crippen molar-refractivity contribution in [3.8, 4) is 5.75 Å². The van der Waals surface area contributed by atoms with Crippen molar-refractivity contribution in [1.82, 2.24) is 10.2 Å². The monoisotopic (exact) mass is 496 g/mol. The number of ether oxygens (including phenoxy) is 2. The van der Waals surface area contributed by atoms with Crippen LogP contribution in [0.2, 0.25) is 0 Å². The number of halogens is 2. The predicted octanol–water partition coefficient (Wildman–Crippen LogP) is 3.17. The van der Waals surface area contributed by atoms with Gasteiger partial charge in [0.25, 0.3) is 0 Å². The molecule has 0 unspecified atom stereocenters. The first-order valence-corrected chi connectivity index (χ1v) is 10.5. The van der Waals surface area contributed by atoms with Crippen LogP contribution in [0.3, 0.4) is 0 Å². The minimum atomic E-state index is -1.26. The Hall–Kier alpha value is -3.93. The molecule has 10 nitrogen and oxygen atoms in total. The first-order chi connectivity index (χ1) is 16.6. The summed E-state index contributed by atoms with van der Waals surface area (Å²) in [6.45, 7) is 4.70. The average molecular weight is 496 g/mol. The Morgan fingerprint density at radius 2 is 1.66 bits per heavy atom. The van der Waals surface area contributed by atoms with Crippen molar-refractivity contribution in [2.24, 2.45) is 0 Å². The van der Waals surface area contributed by atoms with Crippen LogP contribution in [-0.2, 0) is 27.5 Å². The van der Waals surface area contributed by atoms with Gasteiger partial charge < -0.3 is 34.3 Å². The van der Waals surface area contributed by atoms with Gasteiger partial charge in [-0.25, -0.2) is 23.2 Å². The fraction of sp³-hybridized carbons (Fsp3) is 0.348. The first kappa shape index (κ1) is 27.3. The number of nitrogens with one attached hydrogen (secondary N) is 1. The summed E-state index contributed by atoms with van der Waals surface area (Å²) in [6, 6.07) is 3.72. The highest BCUT2D eigenvalue weighted by Gasteiger charge is 2.30. The third-order valence-electron chi connectivity index (χ3n) is 4.85. The number of amides is 1. The lowest BCUT2D eigenvalue weighted by molar-refractivity contribution is -0.134.